The van der Waals surface area contributed by atoms with E-state index >= 15 is 0 Å². The molecule has 134 valence electrons. The number of carbonyl (C=O) groups is 1. The van der Waals surface area contributed by atoms with Crippen molar-refractivity contribution >= 4 is 22.4 Å². The summed E-state index contributed by atoms with van der Waals surface area (Å²) in [6.45, 7) is 1.82. The Bertz CT molecular complexity index is 917. The number of hydrogen-bond acceptors (Lipinski definition) is 3. The average molecular weight is 348 g/mol. The molecular formula is C22H24N2O2. The van der Waals surface area contributed by atoms with Crippen LogP contribution in [0.4, 0.5) is 5.69 Å². The monoisotopic (exact) mass is 348 g/mol. The molecule has 4 heteroatoms. The standard InChI is InChI=1S/C22H24N2O2/c1-4-20(26)23-22(16-9-12-17(13-10-16)24(2)3)21-18-8-6-5-7-15(18)11-14-19(21)25/h5-14,22,25H,4H2,1-3H3,(H,23,26)/t22-/m0/s1. The molecule has 0 spiro atoms. The number of nitrogens with one attached hydrogen (secondary N) is 1. The van der Waals surface area contributed by atoms with Crippen molar-refractivity contribution in [3.8, 4) is 5.75 Å². The van der Waals surface area contributed by atoms with Crippen molar-refractivity contribution in [3.05, 3.63) is 71.8 Å². The van der Waals surface area contributed by atoms with Crippen molar-refractivity contribution in [1.82, 2.24) is 5.32 Å². The lowest BCUT2D eigenvalue weighted by Crippen LogP contribution is -2.28. The fourth-order valence-electron chi connectivity index (χ4n) is 3.14. The van der Waals surface area contributed by atoms with Gasteiger partial charge in [-0.1, -0.05) is 49.4 Å². The zero-order chi connectivity index (χ0) is 18.7. The number of fused-ring (bicyclic) bond motifs is 1. The van der Waals surface area contributed by atoms with Gasteiger partial charge in [0.15, 0.2) is 0 Å². The van der Waals surface area contributed by atoms with Gasteiger partial charge in [-0.15, -0.1) is 0 Å². The van der Waals surface area contributed by atoms with Crippen molar-refractivity contribution in [2.75, 3.05) is 19.0 Å². The van der Waals surface area contributed by atoms with E-state index in [2.05, 4.69) is 5.32 Å². The van der Waals surface area contributed by atoms with Gasteiger partial charge >= 0.3 is 0 Å². The van der Waals surface area contributed by atoms with Gasteiger partial charge in [0.1, 0.15) is 5.75 Å². The van der Waals surface area contributed by atoms with Gasteiger partial charge in [-0.2, -0.15) is 0 Å². The second kappa shape index (κ2) is 7.48. The van der Waals surface area contributed by atoms with Crippen molar-refractivity contribution < 1.29 is 9.90 Å². The SMILES string of the molecule is CCC(=O)N[C@@H](c1ccc(N(C)C)cc1)c1c(O)ccc2ccccc12. The van der Waals surface area contributed by atoms with Crippen LogP contribution >= 0.6 is 0 Å². The predicted octanol–water partition coefficient (Wildman–Crippen LogP) is 4.23. The molecule has 0 radical (unpaired) electrons. The Kier molecular flexibility index (Phi) is 5.12. The van der Waals surface area contributed by atoms with Crippen LogP contribution in [0.3, 0.4) is 0 Å². The molecule has 0 saturated heterocycles. The van der Waals surface area contributed by atoms with Crippen LogP contribution in [0.5, 0.6) is 5.75 Å². The number of phenolic OH excluding ortho intramolecular Hbond substituents is 1. The lowest BCUT2D eigenvalue weighted by atomic mass is 9.92. The predicted molar refractivity (Wildman–Crippen MR) is 107 cm³/mol. The van der Waals surface area contributed by atoms with Gasteiger partial charge < -0.3 is 15.3 Å². The fourth-order valence-corrected chi connectivity index (χ4v) is 3.14. The molecule has 0 bridgehead atoms. The molecule has 0 aromatic heterocycles. The summed E-state index contributed by atoms with van der Waals surface area (Å²) in [5.74, 6) is 0.126. The van der Waals surface area contributed by atoms with Gasteiger partial charge in [0.05, 0.1) is 6.04 Å². The van der Waals surface area contributed by atoms with Crippen LogP contribution in [0.1, 0.15) is 30.5 Å². The molecule has 2 N–H and O–H groups in total. The quantitative estimate of drug-likeness (QED) is 0.725. The van der Waals surface area contributed by atoms with Gasteiger partial charge in [0.2, 0.25) is 5.91 Å². The molecule has 1 amide bonds. The number of benzene rings is 3. The number of anilines is 1. The average Bonchev–Trinajstić information content (AvgIpc) is 2.66. The van der Waals surface area contributed by atoms with Crippen molar-refractivity contribution in [3.63, 3.8) is 0 Å². The molecule has 3 aromatic rings. The van der Waals surface area contributed by atoms with Crippen LogP contribution in [-0.2, 0) is 4.79 Å². The van der Waals surface area contributed by atoms with Crippen LogP contribution in [0.2, 0.25) is 0 Å². The Morgan fingerprint density at radius 1 is 1.04 bits per heavy atom. The van der Waals surface area contributed by atoms with Gasteiger partial charge in [0.25, 0.3) is 0 Å². The van der Waals surface area contributed by atoms with E-state index in [0.29, 0.717) is 6.42 Å². The first-order valence-corrected chi connectivity index (χ1v) is 8.78. The Balaban J connectivity index is 2.16. The van der Waals surface area contributed by atoms with Crippen molar-refractivity contribution in [2.24, 2.45) is 0 Å². The number of amides is 1. The summed E-state index contributed by atoms with van der Waals surface area (Å²) in [4.78, 5) is 14.2. The van der Waals surface area contributed by atoms with Crippen LogP contribution in [0.25, 0.3) is 10.8 Å². The van der Waals surface area contributed by atoms with E-state index in [-0.39, 0.29) is 11.7 Å². The highest BCUT2D eigenvalue weighted by Crippen LogP contribution is 2.36. The molecule has 0 saturated carbocycles. The number of hydrogen-bond donors (Lipinski definition) is 2. The smallest absolute Gasteiger partial charge is 0.220 e. The minimum Gasteiger partial charge on any atom is -0.508 e. The highest BCUT2D eigenvalue weighted by molar-refractivity contribution is 5.89. The first-order valence-electron chi connectivity index (χ1n) is 8.78. The molecule has 0 aliphatic rings. The summed E-state index contributed by atoms with van der Waals surface area (Å²) in [7, 11) is 3.98. The minimum absolute atomic E-state index is 0.0565. The van der Waals surface area contributed by atoms with E-state index in [9.17, 15) is 9.90 Å². The number of aromatic hydroxyl groups is 1. The Morgan fingerprint density at radius 2 is 1.73 bits per heavy atom. The fraction of sp³-hybridized carbons (Fsp3) is 0.227. The molecule has 0 aliphatic heterocycles. The zero-order valence-electron chi connectivity index (χ0n) is 15.4. The zero-order valence-corrected chi connectivity index (χ0v) is 15.4. The van der Waals surface area contributed by atoms with Crippen LogP contribution in [0, 0.1) is 0 Å². The highest BCUT2D eigenvalue weighted by Gasteiger charge is 2.22. The van der Waals surface area contributed by atoms with Crippen LogP contribution in [0.15, 0.2) is 60.7 Å². The molecule has 3 aromatic carbocycles. The lowest BCUT2D eigenvalue weighted by molar-refractivity contribution is -0.121. The van der Waals surface area contributed by atoms with E-state index < -0.39 is 6.04 Å². The number of phenols is 1. The minimum atomic E-state index is -0.412. The molecule has 26 heavy (non-hydrogen) atoms. The number of carbonyl (C=O) groups excluding carboxylic acids is 1. The summed E-state index contributed by atoms with van der Waals surface area (Å²) in [5, 5.41) is 15.6. The van der Waals surface area contributed by atoms with E-state index in [1.54, 1.807) is 6.07 Å². The maximum atomic E-state index is 12.2. The summed E-state index contributed by atoms with van der Waals surface area (Å²) in [6, 6.07) is 19.1. The van der Waals surface area contributed by atoms with Crippen molar-refractivity contribution in [1.29, 1.82) is 0 Å². The van der Waals surface area contributed by atoms with Gasteiger partial charge in [-0.05, 0) is 34.5 Å². The van der Waals surface area contributed by atoms with E-state index in [4.69, 9.17) is 0 Å². The maximum absolute atomic E-state index is 12.2. The topological polar surface area (TPSA) is 52.6 Å². The van der Waals surface area contributed by atoms with Gasteiger partial charge in [-0.3, -0.25) is 4.79 Å². The summed E-state index contributed by atoms with van der Waals surface area (Å²) in [6.07, 6.45) is 0.387. The first kappa shape index (κ1) is 17.8. The molecule has 3 rings (SSSR count). The largest absolute Gasteiger partial charge is 0.508 e. The second-order valence-corrected chi connectivity index (χ2v) is 6.56. The molecular weight excluding hydrogens is 324 g/mol. The number of rotatable bonds is 5. The van der Waals surface area contributed by atoms with E-state index in [1.165, 1.54) is 0 Å². The summed E-state index contributed by atoms with van der Waals surface area (Å²) < 4.78 is 0. The van der Waals surface area contributed by atoms with Gasteiger partial charge in [0, 0.05) is 31.8 Å². The Morgan fingerprint density at radius 3 is 2.38 bits per heavy atom. The number of nitrogens with zero attached hydrogens (tertiary/aromatic N) is 1. The third kappa shape index (κ3) is 3.49. The Hall–Kier alpha value is -3.01. The molecule has 0 aliphatic carbocycles. The first-order chi connectivity index (χ1) is 12.5. The van der Waals surface area contributed by atoms with Crippen LogP contribution in [-0.4, -0.2) is 25.1 Å². The highest BCUT2D eigenvalue weighted by atomic mass is 16.3. The molecule has 1 atom stereocenters. The third-order valence-corrected chi connectivity index (χ3v) is 4.61. The molecule has 4 nitrogen and oxygen atoms in total. The summed E-state index contributed by atoms with van der Waals surface area (Å²) in [5.41, 5.74) is 2.74. The molecule has 0 heterocycles. The molecule has 0 unspecified atom stereocenters. The van der Waals surface area contributed by atoms with E-state index in [1.807, 2.05) is 80.5 Å². The van der Waals surface area contributed by atoms with Gasteiger partial charge in [-0.25, -0.2) is 0 Å². The second-order valence-electron chi connectivity index (χ2n) is 6.56. The Labute approximate surface area is 154 Å². The van der Waals surface area contributed by atoms with E-state index in [0.717, 1.165) is 27.6 Å². The van der Waals surface area contributed by atoms with Crippen molar-refractivity contribution in [2.45, 2.75) is 19.4 Å². The third-order valence-electron chi connectivity index (χ3n) is 4.61. The van der Waals surface area contributed by atoms with Crippen LogP contribution < -0.4 is 10.2 Å². The maximum Gasteiger partial charge on any atom is 0.220 e. The molecule has 0 fully saturated rings. The lowest BCUT2D eigenvalue weighted by Gasteiger charge is -2.23. The summed E-state index contributed by atoms with van der Waals surface area (Å²) >= 11 is 0. The normalized spacial score (nSPS) is 12.0.